The molecule has 1 spiro atoms. The number of carbonyl (C=O) groups excluding carboxylic acids is 2. The van der Waals surface area contributed by atoms with E-state index in [9.17, 15) is 27.2 Å². The monoisotopic (exact) mass is 533 g/mol. The second-order valence-corrected chi connectivity index (χ2v) is 9.00. The maximum absolute atomic E-state index is 15.8. The van der Waals surface area contributed by atoms with Gasteiger partial charge in [-0.25, -0.2) is 8.78 Å². The summed E-state index contributed by atoms with van der Waals surface area (Å²) in [7, 11) is 0. The molecule has 5 rings (SSSR count). The minimum atomic E-state index is -4.74. The molecule has 38 heavy (non-hydrogen) atoms. The predicted octanol–water partition coefficient (Wildman–Crippen LogP) is 5.57. The third-order valence-electron chi connectivity index (χ3n) is 6.40. The Kier molecular flexibility index (Phi) is 6.51. The number of alkyl halides is 3. The number of aromatic nitrogens is 1. The van der Waals surface area contributed by atoms with Crippen LogP contribution in [0.4, 0.5) is 33.3 Å². The first-order chi connectivity index (χ1) is 18.0. The summed E-state index contributed by atoms with van der Waals surface area (Å²) in [6, 6.07) is 7.68. The van der Waals surface area contributed by atoms with E-state index in [-0.39, 0.29) is 46.1 Å². The molecule has 3 aromatic rings. The van der Waals surface area contributed by atoms with Gasteiger partial charge in [-0.2, -0.15) is 13.2 Å². The van der Waals surface area contributed by atoms with Gasteiger partial charge in [0, 0.05) is 41.4 Å². The molecule has 198 valence electrons. The molecule has 3 heterocycles. The van der Waals surface area contributed by atoms with Gasteiger partial charge in [0.25, 0.3) is 5.91 Å². The Labute approximate surface area is 213 Å². The number of halogens is 5. The van der Waals surface area contributed by atoms with Crippen LogP contribution in [0.3, 0.4) is 0 Å². The van der Waals surface area contributed by atoms with Gasteiger partial charge >= 0.3 is 6.18 Å². The molecular weight excluding hydrogens is 513 g/mol. The zero-order valence-electron chi connectivity index (χ0n) is 19.6. The van der Waals surface area contributed by atoms with E-state index in [1.54, 1.807) is 0 Å². The minimum Gasteiger partial charge on any atom is -0.481 e. The summed E-state index contributed by atoms with van der Waals surface area (Å²) in [5.41, 5.74) is -2.84. The molecule has 0 bridgehead atoms. The van der Waals surface area contributed by atoms with Crippen LogP contribution in [0.1, 0.15) is 35.3 Å². The van der Waals surface area contributed by atoms with E-state index in [0.29, 0.717) is 32.1 Å². The molecule has 2 N–H and O–H groups in total. The number of carbonyl (C=O) groups is 2. The number of amides is 2. The van der Waals surface area contributed by atoms with Crippen molar-refractivity contribution in [1.82, 2.24) is 4.98 Å². The van der Waals surface area contributed by atoms with Crippen molar-refractivity contribution in [2.45, 2.75) is 31.0 Å². The fourth-order valence-corrected chi connectivity index (χ4v) is 4.46. The molecule has 0 saturated carbocycles. The first kappa shape index (κ1) is 25.6. The van der Waals surface area contributed by atoms with Gasteiger partial charge in [0.15, 0.2) is 11.6 Å². The van der Waals surface area contributed by atoms with Crippen molar-refractivity contribution in [3.8, 4) is 16.9 Å². The van der Waals surface area contributed by atoms with Crippen LogP contribution in [0.15, 0.2) is 48.7 Å². The van der Waals surface area contributed by atoms with Crippen LogP contribution in [0, 0.1) is 11.6 Å². The number of ether oxygens (including phenoxy) is 2. The highest BCUT2D eigenvalue weighted by Crippen LogP contribution is 2.43. The fraction of sp³-hybridized carbons (Fsp3) is 0.269. The standard InChI is InChI=1S/C26H20F5N3O4/c27-18-3-1-15(33-24(36)14-5-8-32-20(11-14)26(29,30)31)12-17(18)16-2-4-19-23(22(16)28)38-25(13-21(35)34-19)6-9-37-10-7-25/h1-5,8,11-12H,6-7,9-10,13H2,(H,33,36)(H,34,35). The normalized spacial score (nSPS) is 16.7. The lowest BCUT2D eigenvalue weighted by molar-refractivity contribution is -0.141. The highest BCUT2D eigenvalue weighted by molar-refractivity contribution is 6.04. The summed E-state index contributed by atoms with van der Waals surface area (Å²) in [5.74, 6) is -3.21. The quantitative estimate of drug-likeness (QED) is 0.430. The van der Waals surface area contributed by atoms with Crippen LogP contribution >= 0.6 is 0 Å². The largest absolute Gasteiger partial charge is 0.481 e. The summed E-state index contributed by atoms with van der Waals surface area (Å²) in [6.45, 7) is 0.671. The van der Waals surface area contributed by atoms with Crippen molar-refractivity contribution in [3.05, 3.63) is 71.6 Å². The number of fused-ring (bicyclic) bond motifs is 1. The Morgan fingerprint density at radius 1 is 1.03 bits per heavy atom. The van der Waals surface area contributed by atoms with E-state index >= 15 is 4.39 Å². The maximum Gasteiger partial charge on any atom is 0.433 e. The Morgan fingerprint density at radius 3 is 2.53 bits per heavy atom. The molecule has 0 radical (unpaired) electrons. The molecule has 0 aliphatic carbocycles. The van der Waals surface area contributed by atoms with Crippen LogP contribution in [0.5, 0.6) is 5.75 Å². The molecule has 2 aromatic carbocycles. The van der Waals surface area contributed by atoms with Gasteiger partial charge < -0.3 is 20.1 Å². The van der Waals surface area contributed by atoms with Crippen LogP contribution in [-0.2, 0) is 15.7 Å². The number of benzene rings is 2. The van der Waals surface area contributed by atoms with E-state index < -0.39 is 35.0 Å². The number of anilines is 2. The molecule has 0 unspecified atom stereocenters. The van der Waals surface area contributed by atoms with Gasteiger partial charge in [-0.15, -0.1) is 0 Å². The van der Waals surface area contributed by atoms with E-state index in [0.717, 1.165) is 24.4 Å². The zero-order valence-corrected chi connectivity index (χ0v) is 19.6. The average molecular weight is 533 g/mol. The second kappa shape index (κ2) is 9.67. The topological polar surface area (TPSA) is 89.5 Å². The summed E-state index contributed by atoms with van der Waals surface area (Å²) in [4.78, 5) is 28.3. The molecule has 7 nitrogen and oxygen atoms in total. The Bertz CT molecular complexity index is 1420. The molecule has 2 amide bonds. The number of hydrogen-bond donors (Lipinski definition) is 2. The van der Waals surface area contributed by atoms with Gasteiger partial charge in [0.2, 0.25) is 5.91 Å². The number of nitrogens with one attached hydrogen (secondary N) is 2. The van der Waals surface area contributed by atoms with Gasteiger partial charge in [-0.3, -0.25) is 14.6 Å². The van der Waals surface area contributed by atoms with E-state index in [4.69, 9.17) is 9.47 Å². The Balaban J connectivity index is 1.47. The lowest BCUT2D eigenvalue weighted by Gasteiger charge is -2.35. The third-order valence-corrected chi connectivity index (χ3v) is 6.40. The van der Waals surface area contributed by atoms with Crippen molar-refractivity contribution in [2.75, 3.05) is 23.8 Å². The van der Waals surface area contributed by atoms with Crippen molar-refractivity contribution < 1.29 is 41.0 Å². The summed E-state index contributed by atoms with van der Waals surface area (Å²) >= 11 is 0. The van der Waals surface area contributed by atoms with Crippen LogP contribution in [0.25, 0.3) is 11.1 Å². The zero-order chi connectivity index (χ0) is 27.1. The van der Waals surface area contributed by atoms with E-state index in [1.165, 1.54) is 18.2 Å². The number of hydrogen-bond acceptors (Lipinski definition) is 5. The molecule has 2 aliphatic heterocycles. The Morgan fingerprint density at radius 2 is 1.79 bits per heavy atom. The summed E-state index contributed by atoms with van der Waals surface area (Å²) in [5, 5.41) is 5.01. The molecule has 0 atom stereocenters. The van der Waals surface area contributed by atoms with Crippen molar-refractivity contribution in [2.24, 2.45) is 0 Å². The maximum atomic E-state index is 15.8. The van der Waals surface area contributed by atoms with Gasteiger partial charge in [0.1, 0.15) is 17.1 Å². The lowest BCUT2D eigenvalue weighted by Crippen LogP contribution is -2.43. The van der Waals surface area contributed by atoms with Crippen molar-refractivity contribution >= 4 is 23.2 Å². The highest BCUT2D eigenvalue weighted by atomic mass is 19.4. The van der Waals surface area contributed by atoms with Crippen molar-refractivity contribution in [1.29, 1.82) is 0 Å². The molecule has 1 aromatic heterocycles. The third kappa shape index (κ3) is 5.03. The lowest BCUT2D eigenvalue weighted by atomic mass is 9.90. The molecule has 1 fully saturated rings. The first-order valence-electron chi connectivity index (χ1n) is 11.6. The van der Waals surface area contributed by atoms with E-state index in [2.05, 4.69) is 15.6 Å². The van der Waals surface area contributed by atoms with Crippen LogP contribution in [-0.4, -0.2) is 35.6 Å². The average Bonchev–Trinajstić information content (AvgIpc) is 3.01. The van der Waals surface area contributed by atoms with E-state index in [1.807, 2.05) is 0 Å². The van der Waals surface area contributed by atoms with Crippen LogP contribution in [0.2, 0.25) is 0 Å². The van der Waals surface area contributed by atoms with Gasteiger partial charge in [0.05, 0.1) is 25.3 Å². The van der Waals surface area contributed by atoms with Crippen LogP contribution < -0.4 is 15.4 Å². The highest BCUT2D eigenvalue weighted by Gasteiger charge is 2.41. The fourth-order valence-electron chi connectivity index (χ4n) is 4.46. The number of nitrogens with zero attached hydrogens (tertiary/aromatic N) is 1. The summed E-state index contributed by atoms with van der Waals surface area (Å²) in [6.07, 6.45) is -3.16. The minimum absolute atomic E-state index is 0.000744. The SMILES string of the molecule is O=C1CC2(CCOCC2)Oc2c(ccc(-c3cc(NC(=O)c4ccnc(C(F)(F)F)c4)ccc3F)c2F)N1. The van der Waals surface area contributed by atoms with Gasteiger partial charge in [-0.05, 0) is 42.5 Å². The smallest absolute Gasteiger partial charge is 0.433 e. The van der Waals surface area contributed by atoms with Crippen molar-refractivity contribution in [3.63, 3.8) is 0 Å². The molecule has 12 heteroatoms. The first-order valence-corrected chi connectivity index (χ1v) is 11.6. The number of pyridine rings is 1. The molecular formula is C26H20F5N3O4. The molecule has 1 saturated heterocycles. The number of rotatable bonds is 3. The molecule has 2 aliphatic rings. The predicted molar refractivity (Wildman–Crippen MR) is 126 cm³/mol. The Hall–Kier alpha value is -4.06. The van der Waals surface area contributed by atoms with Gasteiger partial charge in [-0.1, -0.05) is 0 Å². The second-order valence-electron chi connectivity index (χ2n) is 9.00. The summed E-state index contributed by atoms with van der Waals surface area (Å²) < 4.78 is 80.9.